The van der Waals surface area contributed by atoms with Gasteiger partial charge in [-0.25, -0.2) is 0 Å². The smallest absolute Gasteiger partial charge is 0.251 e. The zero-order valence-corrected chi connectivity index (χ0v) is 13.2. The van der Waals surface area contributed by atoms with Crippen molar-refractivity contribution in [3.63, 3.8) is 0 Å². The van der Waals surface area contributed by atoms with Crippen molar-refractivity contribution < 1.29 is 10.0 Å². The Morgan fingerprint density at radius 1 is 1.19 bits per heavy atom. The van der Waals surface area contributed by atoms with E-state index in [2.05, 4.69) is 33.1 Å². The minimum atomic E-state index is -0.136. The number of nitrogens with two attached hydrogens (primary N) is 1. The topological polar surface area (TPSA) is 87.7 Å². The molecule has 0 radical (unpaired) electrons. The fourth-order valence-electron chi connectivity index (χ4n) is 1.81. The minimum absolute atomic E-state index is 0.0424. The van der Waals surface area contributed by atoms with Crippen molar-refractivity contribution in [2.75, 3.05) is 0 Å². The highest BCUT2D eigenvalue weighted by atomic mass is 127. The Hall–Kier alpha value is -2.09. The molecule has 0 bridgehead atoms. The van der Waals surface area contributed by atoms with Crippen LogP contribution in [0.2, 0.25) is 0 Å². The van der Waals surface area contributed by atoms with Gasteiger partial charge in [-0.1, -0.05) is 29.4 Å². The molecular formula is C15H14IN3O2. The van der Waals surface area contributed by atoms with Crippen LogP contribution < -0.4 is 11.1 Å². The average Bonchev–Trinajstić information content (AvgIpc) is 2.52. The predicted octanol–water partition coefficient (Wildman–Crippen LogP) is 2.32. The Kier molecular flexibility index (Phi) is 5.15. The number of oxime groups is 1. The molecule has 0 fully saturated rings. The highest BCUT2D eigenvalue weighted by molar-refractivity contribution is 14.1. The van der Waals surface area contributed by atoms with Crippen molar-refractivity contribution in [1.82, 2.24) is 5.32 Å². The second kappa shape index (κ2) is 7.07. The van der Waals surface area contributed by atoms with E-state index in [1.165, 1.54) is 0 Å². The molecule has 0 spiro atoms. The van der Waals surface area contributed by atoms with E-state index in [0.29, 0.717) is 17.7 Å². The molecule has 0 atom stereocenters. The summed E-state index contributed by atoms with van der Waals surface area (Å²) in [5.41, 5.74) is 7.64. The fourth-order valence-corrected chi connectivity index (χ4v) is 2.36. The average molecular weight is 395 g/mol. The van der Waals surface area contributed by atoms with E-state index >= 15 is 0 Å². The summed E-state index contributed by atoms with van der Waals surface area (Å²) >= 11 is 2.16. The van der Waals surface area contributed by atoms with Crippen LogP contribution >= 0.6 is 22.6 Å². The number of nitrogens with zero attached hydrogens (tertiary/aromatic N) is 1. The first-order chi connectivity index (χ1) is 10.1. The molecule has 6 heteroatoms. The molecule has 2 rings (SSSR count). The summed E-state index contributed by atoms with van der Waals surface area (Å²) in [6.45, 7) is 0.372. The van der Waals surface area contributed by atoms with Crippen molar-refractivity contribution in [1.29, 1.82) is 0 Å². The first-order valence-corrected chi connectivity index (χ1v) is 7.28. The largest absolute Gasteiger partial charge is 0.409 e. The summed E-state index contributed by atoms with van der Waals surface area (Å²) in [6, 6.07) is 14.5. The van der Waals surface area contributed by atoms with Gasteiger partial charge in [-0.3, -0.25) is 4.79 Å². The third kappa shape index (κ3) is 4.19. The monoisotopic (exact) mass is 395 g/mol. The molecule has 0 aliphatic heterocycles. The second-order valence-corrected chi connectivity index (χ2v) is 5.62. The molecule has 0 aliphatic rings. The lowest BCUT2D eigenvalue weighted by atomic mass is 10.1. The number of rotatable bonds is 4. The molecule has 1 amide bonds. The molecule has 0 aromatic heterocycles. The van der Waals surface area contributed by atoms with Gasteiger partial charge in [0.2, 0.25) is 0 Å². The molecule has 0 saturated heterocycles. The Bertz CT molecular complexity index is 686. The van der Waals surface area contributed by atoms with Crippen molar-refractivity contribution in [3.8, 4) is 0 Å². The number of hydrogen-bond acceptors (Lipinski definition) is 3. The normalized spacial score (nSPS) is 11.2. The summed E-state index contributed by atoms with van der Waals surface area (Å²) in [7, 11) is 0. The van der Waals surface area contributed by atoms with Crippen LogP contribution in [0, 0.1) is 3.57 Å². The third-order valence-electron chi connectivity index (χ3n) is 2.87. The quantitative estimate of drug-likeness (QED) is 0.244. The summed E-state index contributed by atoms with van der Waals surface area (Å²) in [5, 5.41) is 14.5. The van der Waals surface area contributed by atoms with E-state index < -0.39 is 0 Å². The van der Waals surface area contributed by atoms with Gasteiger partial charge in [-0.05, 0) is 52.4 Å². The Morgan fingerprint density at radius 2 is 1.90 bits per heavy atom. The maximum Gasteiger partial charge on any atom is 0.251 e. The summed E-state index contributed by atoms with van der Waals surface area (Å²) in [5.74, 6) is -0.0940. The molecule has 0 saturated carbocycles. The Balaban J connectivity index is 2.05. The molecule has 2 aromatic rings. The molecule has 4 N–H and O–H groups in total. The third-order valence-corrected chi connectivity index (χ3v) is 3.54. The van der Waals surface area contributed by atoms with Crippen LogP contribution in [0.1, 0.15) is 21.5 Å². The molecule has 0 aliphatic carbocycles. The number of halogens is 1. The van der Waals surface area contributed by atoms with Gasteiger partial charge in [0.25, 0.3) is 5.91 Å². The van der Waals surface area contributed by atoms with Crippen molar-refractivity contribution in [2.24, 2.45) is 10.9 Å². The second-order valence-electron chi connectivity index (χ2n) is 4.38. The van der Waals surface area contributed by atoms with Gasteiger partial charge in [0.05, 0.1) is 0 Å². The molecular weight excluding hydrogens is 381 g/mol. The molecule has 0 heterocycles. The maximum absolute atomic E-state index is 12.0. The van der Waals surface area contributed by atoms with E-state index in [1.54, 1.807) is 24.3 Å². The number of amides is 1. The standard InChI is InChI=1S/C15H14IN3O2/c16-13-6-2-5-12(8-13)15(20)18-9-10-3-1-4-11(7-10)14(17)19-21/h1-8,21H,9H2,(H2,17,19)(H,18,20). The molecule has 21 heavy (non-hydrogen) atoms. The van der Waals surface area contributed by atoms with Gasteiger partial charge < -0.3 is 16.3 Å². The zero-order valence-electron chi connectivity index (χ0n) is 11.1. The zero-order chi connectivity index (χ0) is 15.2. The number of benzene rings is 2. The van der Waals surface area contributed by atoms with Gasteiger partial charge in [0.15, 0.2) is 5.84 Å². The van der Waals surface area contributed by atoms with Gasteiger partial charge >= 0.3 is 0 Å². The van der Waals surface area contributed by atoms with Crippen LogP contribution in [0.25, 0.3) is 0 Å². The predicted molar refractivity (Wildman–Crippen MR) is 89.3 cm³/mol. The molecule has 2 aromatic carbocycles. The molecule has 108 valence electrons. The first kappa shape index (κ1) is 15.3. The lowest BCUT2D eigenvalue weighted by Gasteiger charge is -2.07. The first-order valence-electron chi connectivity index (χ1n) is 6.21. The highest BCUT2D eigenvalue weighted by Crippen LogP contribution is 2.09. The van der Waals surface area contributed by atoms with E-state index in [4.69, 9.17) is 10.9 Å². The number of hydrogen-bond donors (Lipinski definition) is 3. The van der Waals surface area contributed by atoms with Crippen LogP contribution in [0.4, 0.5) is 0 Å². The van der Waals surface area contributed by atoms with Gasteiger partial charge in [0, 0.05) is 21.2 Å². The maximum atomic E-state index is 12.0. The van der Waals surface area contributed by atoms with Gasteiger partial charge in [-0.2, -0.15) is 0 Å². The Morgan fingerprint density at radius 3 is 2.62 bits per heavy atom. The number of nitrogens with one attached hydrogen (secondary N) is 1. The van der Waals surface area contributed by atoms with Crippen LogP contribution in [0.5, 0.6) is 0 Å². The highest BCUT2D eigenvalue weighted by Gasteiger charge is 2.06. The van der Waals surface area contributed by atoms with Crippen molar-refractivity contribution in [3.05, 3.63) is 68.8 Å². The van der Waals surface area contributed by atoms with Crippen molar-refractivity contribution >= 4 is 34.3 Å². The minimum Gasteiger partial charge on any atom is -0.409 e. The van der Waals surface area contributed by atoms with E-state index in [-0.39, 0.29) is 11.7 Å². The van der Waals surface area contributed by atoms with Gasteiger partial charge in [0.1, 0.15) is 0 Å². The van der Waals surface area contributed by atoms with Crippen molar-refractivity contribution in [2.45, 2.75) is 6.54 Å². The molecule has 5 nitrogen and oxygen atoms in total. The van der Waals surface area contributed by atoms with Crippen LogP contribution in [0.3, 0.4) is 0 Å². The van der Waals surface area contributed by atoms with Crippen LogP contribution in [0.15, 0.2) is 53.7 Å². The summed E-state index contributed by atoms with van der Waals surface area (Å²) < 4.78 is 1.01. The lowest BCUT2D eigenvalue weighted by Crippen LogP contribution is -2.23. The summed E-state index contributed by atoms with van der Waals surface area (Å²) in [4.78, 5) is 12.0. The SMILES string of the molecule is NC(=NO)c1cccc(CNC(=O)c2cccc(I)c2)c1. The van der Waals surface area contributed by atoms with Gasteiger partial charge in [-0.15, -0.1) is 0 Å². The van der Waals surface area contributed by atoms with E-state index in [1.807, 2.05) is 24.3 Å². The van der Waals surface area contributed by atoms with E-state index in [9.17, 15) is 4.79 Å². The lowest BCUT2D eigenvalue weighted by molar-refractivity contribution is 0.0951. The van der Waals surface area contributed by atoms with Crippen LogP contribution in [-0.2, 0) is 6.54 Å². The number of carbonyl (C=O) groups excluding carboxylic acids is 1. The van der Waals surface area contributed by atoms with E-state index in [0.717, 1.165) is 9.13 Å². The van der Waals surface area contributed by atoms with Crippen LogP contribution in [-0.4, -0.2) is 17.0 Å². The fraction of sp³-hybridized carbons (Fsp3) is 0.0667. The number of carbonyl (C=O) groups is 1. The summed E-state index contributed by atoms with van der Waals surface area (Å²) in [6.07, 6.45) is 0. The number of amidine groups is 1. The molecule has 0 unspecified atom stereocenters. The Labute approximate surface area is 136 Å².